The van der Waals surface area contributed by atoms with Crippen molar-refractivity contribution >= 4 is 23.3 Å². The first-order chi connectivity index (χ1) is 8.74. The number of amides is 1. The minimum absolute atomic E-state index is 0.0524. The summed E-state index contributed by atoms with van der Waals surface area (Å²) in [6, 6.07) is 7.74. The van der Waals surface area contributed by atoms with Gasteiger partial charge in [0, 0.05) is 23.4 Å². The van der Waals surface area contributed by atoms with Crippen LogP contribution in [0.2, 0.25) is 0 Å². The van der Waals surface area contributed by atoms with Crippen LogP contribution in [0.1, 0.15) is 17.6 Å². The summed E-state index contributed by atoms with van der Waals surface area (Å²) in [6.07, 6.45) is 5.72. The van der Waals surface area contributed by atoms with Gasteiger partial charge in [-0.25, -0.2) is 0 Å². The zero-order valence-corrected chi connectivity index (χ0v) is 10.9. The molecule has 0 aromatic carbocycles. The maximum atomic E-state index is 11.7. The van der Waals surface area contributed by atoms with Crippen LogP contribution in [0.25, 0.3) is 6.08 Å². The largest absolute Gasteiger partial charge is 0.469 e. The van der Waals surface area contributed by atoms with E-state index in [4.69, 9.17) is 4.42 Å². The fraction of sp³-hybridized carbons (Fsp3) is 0.214. The summed E-state index contributed by atoms with van der Waals surface area (Å²) in [7, 11) is 0. The van der Waals surface area contributed by atoms with E-state index in [-0.39, 0.29) is 11.9 Å². The van der Waals surface area contributed by atoms with E-state index in [9.17, 15) is 4.79 Å². The molecule has 2 rings (SSSR count). The molecule has 3 nitrogen and oxygen atoms in total. The molecule has 0 saturated heterocycles. The normalized spacial score (nSPS) is 12.7. The molecule has 0 unspecified atom stereocenters. The van der Waals surface area contributed by atoms with E-state index in [0.717, 1.165) is 10.6 Å². The van der Waals surface area contributed by atoms with Crippen LogP contribution in [0.5, 0.6) is 0 Å². The maximum Gasteiger partial charge on any atom is 0.244 e. The number of hydrogen-bond donors (Lipinski definition) is 1. The third-order valence-electron chi connectivity index (χ3n) is 2.42. The Morgan fingerprint density at radius 3 is 3.06 bits per heavy atom. The number of thiophene rings is 1. The summed E-state index contributed by atoms with van der Waals surface area (Å²) >= 11 is 1.61. The maximum absolute atomic E-state index is 11.7. The lowest BCUT2D eigenvalue weighted by atomic mass is 10.2. The van der Waals surface area contributed by atoms with Crippen molar-refractivity contribution in [3.8, 4) is 0 Å². The van der Waals surface area contributed by atoms with E-state index in [1.807, 2.05) is 42.6 Å². The summed E-state index contributed by atoms with van der Waals surface area (Å²) in [6.45, 7) is 1.96. The monoisotopic (exact) mass is 261 g/mol. The minimum atomic E-state index is -0.0811. The molecule has 2 heterocycles. The van der Waals surface area contributed by atoms with Crippen molar-refractivity contribution in [3.05, 3.63) is 52.6 Å². The van der Waals surface area contributed by atoms with Crippen molar-refractivity contribution < 1.29 is 9.21 Å². The Balaban J connectivity index is 1.80. The predicted molar refractivity (Wildman–Crippen MR) is 73.4 cm³/mol. The van der Waals surface area contributed by atoms with Crippen molar-refractivity contribution in [2.75, 3.05) is 0 Å². The molecule has 0 aliphatic carbocycles. The van der Waals surface area contributed by atoms with Crippen LogP contribution < -0.4 is 5.32 Å². The molecule has 0 spiro atoms. The Morgan fingerprint density at radius 2 is 2.39 bits per heavy atom. The molecular weight excluding hydrogens is 246 g/mol. The van der Waals surface area contributed by atoms with Crippen LogP contribution in [0.15, 0.2) is 46.4 Å². The predicted octanol–water partition coefficient (Wildman–Crippen LogP) is 3.10. The summed E-state index contributed by atoms with van der Waals surface area (Å²) in [5, 5.41) is 4.88. The molecule has 1 N–H and O–H groups in total. The molecule has 0 aliphatic heterocycles. The SMILES string of the molecule is C[C@@H](Cc1ccco1)NC(=O)/C=C/c1cccs1. The molecule has 1 amide bonds. The Bertz CT molecular complexity index is 500. The lowest BCUT2D eigenvalue weighted by molar-refractivity contribution is -0.117. The molecule has 0 radical (unpaired) electrons. The van der Waals surface area contributed by atoms with Gasteiger partial charge >= 0.3 is 0 Å². The second-order valence-electron chi connectivity index (χ2n) is 4.04. The van der Waals surface area contributed by atoms with E-state index < -0.39 is 0 Å². The van der Waals surface area contributed by atoms with Crippen LogP contribution >= 0.6 is 11.3 Å². The molecule has 94 valence electrons. The number of carbonyl (C=O) groups excluding carboxylic acids is 1. The zero-order valence-electron chi connectivity index (χ0n) is 10.1. The summed E-state index contributed by atoms with van der Waals surface area (Å²) < 4.78 is 5.24. The number of carbonyl (C=O) groups is 1. The number of hydrogen-bond acceptors (Lipinski definition) is 3. The first kappa shape index (κ1) is 12.6. The lowest BCUT2D eigenvalue weighted by Crippen LogP contribution is -2.32. The second kappa shape index (κ2) is 6.21. The average Bonchev–Trinajstić information content (AvgIpc) is 2.98. The van der Waals surface area contributed by atoms with E-state index >= 15 is 0 Å². The van der Waals surface area contributed by atoms with Gasteiger partial charge in [0.1, 0.15) is 5.76 Å². The van der Waals surface area contributed by atoms with Crippen molar-refractivity contribution in [2.24, 2.45) is 0 Å². The fourth-order valence-electron chi connectivity index (χ4n) is 1.62. The van der Waals surface area contributed by atoms with Crippen LogP contribution in [-0.2, 0) is 11.2 Å². The van der Waals surface area contributed by atoms with Crippen LogP contribution in [0.4, 0.5) is 0 Å². The topological polar surface area (TPSA) is 42.2 Å². The van der Waals surface area contributed by atoms with Crippen molar-refractivity contribution in [3.63, 3.8) is 0 Å². The molecular formula is C14H15NO2S. The third-order valence-corrected chi connectivity index (χ3v) is 3.26. The van der Waals surface area contributed by atoms with E-state index in [2.05, 4.69) is 5.32 Å². The first-order valence-corrected chi connectivity index (χ1v) is 6.66. The second-order valence-corrected chi connectivity index (χ2v) is 5.02. The highest BCUT2D eigenvalue weighted by Gasteiger charge is 2.07. The van der Waals surface area contributed by atoms with E-state index in [1.165, 1.54) is 0 Å². The number of rotatable bonds is 5. The fourth-order valence-corrected chi connectivity index (χ4v) is 2.23. The van der Waals surface area contributed by atoms with Crippen molar-refractivity contribution in [2.45, 2.75) is 19.4 Å². The van der Waals surface area contributed by atoms with Gasteiger partial charge in [0.25, 0.3) is 0 Å². The van der Waals surface area contributed by atoms with Gasteiger partial charge < -0.3 is 9.73 Å². The summed E-state index contributed by atoms with van der Waals surface area (Å²) in [5.74, 6) is 0.799. The highest BCUT2D eigenvalue weighted by molar-refractivity contribution is 7.10. The zero-order chi connectivity index (χ0) is 12.8. The lowest BCUT2D eigenvalue weighted by Gasteiger charge is -2.10. The van der Waals surface area contributed by atoms with Crippen LogP contribution in [-0.4, -0.2) is 11.9 Å². The highest BCUT2D eigenvalue weighted by Crippen LogP contribution is 2.10. The van der Waals surface area contributed by atoms with Crippen LogP contribution in [0.3, 0.4) is 0 Å². The smallest absolute Gasteiger partial charge is 0.244 e. The molecule has 18 heavy (non-hydrogen) atoms. The average molecular weight is 261 g/mol. The van der Waals surface area contributed by atoms with Crippen molar-refractivity contribution in [1.29, 1.82) is 0 Å². The molecule has 4 heteroatoms. The Labute approximate surface area is 110 Å². The quantitative estimate of drug-likeness (QED) is 0.840. The van der Waals surface area contributed by atoms with Gasteiger partial charge in [0.2, 0.25) is 5.91 Å². The standard InChI is InChI=1S/C14H15NO2S/c1-11(10-12-4-2-8-17-12)15-14(16)7-6-13-5-3-9-18-13/h2-9,11H,10H2,1H3,(H,15,16)/b7-6+/t11-/m0/s1. The Morgan fingerprint density at radius 1 is 1.50 bits per heavy atom. The number of furan rings is 1. The molecule has 0 saturated carbocycles. The summed E-state index contributed by atoms with van der Waals surface area (Å²) in [4.78, 5) is 12.7. The van der Waals surface area contributed by atoms with E-state index in [1.54, 1.807) is 23.7 Å². The van der Waals surface area contributed by atoms with Crippen molar-refractivity contribution in [1.82, 2.24) is 5.32 Å². The number of nitrogens with one attached hydrogen (secondary N) is 1. The third kappa shape index (κ3) is 3.89. The van der Waals surface area contributed by atoms with Gasteiger partial charge in [-0.3, -0.25) is 4.79 Å². The first-order valence-electron chi connectivity index (χ1n) is 5.78. The molecule has 2 aromatic heterocycles. The van der Waals surface area contributed by atoms with Gasteiger partial charge in [-0.1, -0.05) is 6.07 Å². The molecule has 2 aromatic rings. The Hall–Kier alpha value is -1.81. The highest BCUT2D eigenvalue weighted by atomic mass is 32.1. The Kier molecular flexibility index (Phi) is 4.36. The molecule has 0 fully saturated rings. The molecule has 0 aliphatic rings. The minimum Gasteiger partial charge on any atom is -0.469 e. The van der Waals surface area contributed by atoms with Crippen LogP contribution in [0, 0.1) is 0 Å². The molecule has 0 bridgehead atoms. The van der Waals surface area contributed by atoms with Gasteiger partial charge in [0.05, 0.1) is 6.26 Å². The van der Waals surface area contributed by atoms with Gasteiger partial charge in [0.15, 0.2) is 0 Å². The molecule has 1 atom stereocenters. The van der Waals surface area contributed by atoms with Gasteiger partial charge in [-0.15, -0.1) is 11.3 Å². The van der Waals surface area contributed by atoms with E-state index in [0.29, 0.717) is 6.42 Å². The summed E-state index contributed by atoms with van der Waals surface area (Å²) in [5.41, 5.74) is 0. The van der Waals surface area contributed by atoms with Gasteiger partial charge in [-0.05, 0) is 36.6 Å². The van der Waals surface area contributed by atoms with Gasteiger partial charge in [-0.2, -0.15) is 0 Å².